The van der Waals surface area contributed by atoms with Crippen molar-refractivity contribution in [2.45, 2.75) is 31.9 Å². The molecular weight excluding hydrogens is 289 g/mol. The minimum atomic E-state index is -0.875. The van der Waals surface area contributed by atoms with E-state index in [1.165, 1.54) is 6.92 Å². The highest BCUT2D eigenvalue weighted by atomic mass is 35.5. The molecule has 1 aliphatic carbocycles. The predicted molar refractivity (Wildman–Crippen MR) is 72.5 cm³/mol. The van der Waals surface area contributed by atoms with Crippen LogP contribution < -0.4 is 5.32 Å². The van der Waals surface area contributed by atoms with E-state index >= 15 is 0 Å². The van der Waals surface area contributed by atoms with E-state index in [1.54, 1.807) is 18.2 Å². The minimum Gasteiger partial charge on any atom is -0.449 e. The Kier molecular flexibility index (Phi) is 4.32. The lowest BCUT2D eigenvalue weighted by Crippen LogP contribution is -2.37. The normalized spacial score (nSPS) is 15.7. The van der Waals surface area contributed by atoms with E-state index in [0.29, 0.717) is 0 Å². The second kappa shape index (κ2) is 5.80. The zero-order valence-electron chi connectivity index (χ0n) is 10.3. The molecular formula is C13H13Cl2NO3. The van der Waals surface area contributed by atoms with E-state index in [0.717, 1.165) is 12.8 Å². The number of carbonyl (C=O) groups is 2. The molecule has 0 heterocycles. The average molecular weight is 302 g/mol. The van der Waals surface area contributed by atoms with E-state index in [2.05, 4.69) is 5.32 Å². The van der Waals surface area contributed by atoms with Crippen LogP contribution in [0.5, 0.6) is 0 Å². The Morgan fingerprint density at radius 3 is 2.42 bits per heavy atom. The highest BCUT2D eigenvalue weighted by Crippen LogP contribution is 2.25. The lowest BCUT2D eigenvalue weighted by atomic mass is 10.2. The number of hydrogen-bond acceptors (Lipinski definition) is 3. The van der Waals surface area contributed by atoms with Gasteiger partial charge in [-0.25, -0.2) is 4.79 Å². The summed E-state index contributed by atoms with van der Waals surface area (Å²) >= 11 is 11.8. The van der Waals surface area contributed by atoms with Gasteiger partial charge in [0.1, 0.15) is 0 Å². The van der Waals surface area contributed by atoms with E-state index in [1.807, 2.05) is 0 Å². The molecule has 1 atom stereocenters. The number of nitrogens with one attached hydrogen (secondary N) is 1. The minimum absolute atomic E-state index is 0.0805. The number of esters is 1. The Hall–Kier alpha value is -1.26. The van der Waals surface area contributed by atoms with Crippen LogP contribution in [-0.2, 0) is 9.53 Å². The van der Waals surface area contributed by atoms with Crippen molar-refractivity contribution >= 4 is 35.1 Å². The fraction of sp³-hybridized carbons (Fsp3) is 0.385. The molecule has 1 amide bonds. The smallest absolute Gasteiger partial charge is 0.341 e. The molecule has 1 aromatic rings. The monoisotopic (exact) mass is 301 g/mol. The molecule has 0 spiro atoms. The summed E-state index contributed by atoms with van der Waals surface area (Å²) in [5.41, 5.74) is 0.0805. The van der Waals surface area contributed by atoms with Crippen LogP contribution in [0.2, 0.25) is 10.0 Å². The molecule has 1 N–H and O–H groups in total. The van der Waals surface area contributed by atoms with Gasteiger partial charge in [0.25, 0.3) is 5.91 Å². The van der Waals surface area contributed by atoms with Crippen molar-refractivity contribution in [2.75, 3.05) is 0 Å². The fourth-order valence-corrected chi connectivity index (χ4v) is 2.06. The number of ether oxygens (including phenoxy) is 1. The highest BCUT2D eigenvalue weighted by molar-refractivity contribution is 6.39. The largest absolute Gasteiger partial charge is 0.449 e. The van der Waals surface area contributed by atoms with E-state index < -0.39 is 12.1 Å². The molecule has 4 nitrogen and oxygen atoms in total. The van der Waals surface area contributed by atoms with E-state index in [-0.39, 0.29) is 27.6 Å². The van der Waals surface area contributed by atoms with Gasteiger partial charge in [0.2, 0.25) is 0 Å². The Balaban J connectivity index is 2.01. The summed E-state index contributed by atoms with van der Waals surface area (Å²) in [7, 11) is 0. The predicted octanol–water partition coefficient (Wildman–Crippen LogP) is 2.82. The Morgan fingerprint density at radius 1 is 1.32 bits per heavy atom. The summed E-state index contributed by atoms with van der Waals surface area (Å²) in [6.07, 6.45) is 1.08. The highest BCUT2D eigenvalue weighted by Gasteiger charge is 2.28. The van der Waals surface area contributed by atoms with Crippen LogP contribution in [0, 0.1) is 0 Å². The van der Waals surface area contributed by atoms with Crippen molar-refractivity contribution in [3.63, 3.8) is 0 Å². The number of hydrogen-bond donors (Lipinski definition) is 1. The van der Waals surface area contributed by atoms with Gasteiger partial charge >= 0.3 is 5.97 Å². The third-order valence-corrected chi connectivity index (χ3v) is 3.37. The third kappa shape index (κ3) is 3.61. The Morgan fingerprint density at radius 2 is 1.89 bits per heavy atom. The van der Waals surface area contributed by atoms with Crippen LogP contribution in [0.1, 0.15) is 30.1 Å². The number of benzene rings is 1. The van der Waals surface area contributed by atoms with E-state index in [9.17, 15) is 9.59 Å². The second-order valence-electron chi connectivity index (χ2n) is 4.43. The molecule has 2 rings (SSSR count). The quantitative estimate of drug-likeness (QED) is 0.870. The van der Waals surface area contributed by atoms with Crippen LogP contribution in [0.15, 0.2) is 18.2 Å². The van der Waals surface area contributed by atoms with Crippen molar-refractivity contribution in [1.82, 2.24) is 5.32 Å². The number of halogens is 2. The average Bonchev–Trinajstić information content (AvgIpc) is 3.12. The summed E-state index contributed by atoms with van der Waals surface area (Å²) in [5.74, 6) is -1.01. The molecule has 102 valence electrons. The maximum atomic E-state index is 11.9. The zero-order valence-corrected chi connectivity index (χ0v) is 11.8. The first kappa shape index (κ1) is 14.2. The van der Waals surface area contributed by atoms with Gasteiger partial charge in [-0.3, -0.25) is 4.79 Å². The number of rotatable bonds is 4. The van der Waals surface area contributed by atoms with Gasteiger partial charge in [-0.05, 0) is 31.9 Å². The molecule has 0 bridgehead atoms. The van der Waals surface area contributed by atoms with Crippen molar-refractivity contribution in [2.24, 2.45) is 0 Å². The Bertz CT molecular complexity index is 494. The van der Waals surface area contributed by atoms with E-state index in [4.69, 9.17) is 27.9 Å². The lowest BCUT2D eigenvalue weighted by Gasteiger charge is -2.14. The molecule has 0 aliphatic heterocycles. The van der Waals surface area contributed by atoms with Crippen LogP contribution >= 0.6 is 23.2 Å². The van der Waals surface area contributed by atoms with Crippen molar-refractivity contribution < 1.29 is 14.3 Å². The van der Waals surface area contributed by atoms with Crippen molar-refractivity contribution in [1.29, 1.82) is 0 Å². The molecule has 0 radical (unpaired) electrons. The van der Waals surface area contributed by atoms with Gasteiger partial charge in [-0.1, -0.05) is 29.3 Å². The summed E-state index contributed by atoms with van der Waals surface area (Å²) < 4.78 is 5.07. The van der Waals surface area contributed by atoms with Crippen LogP contribution in [0.4, 0.5) is 0 Å². The summed E-state index contributed by atoms with van der Waals surface area (Å²) in [5, 5.41) is 3.16. The first-order chi connectivity index (χ1) is 8.99. The standard InChI is InChI=1S/C13H13Cl2NO3/c1-7(12(17)16-8-5-6-8)19-13(18)11-9(14)3-2-4-10(11)15/h2-4,7-8H,5-6H2,1H3,(H,16,17). The molecule has 1 unspecified atom stereocenters. The molecule has 0 saturated heterocycles. The van der Waals surface area contributed by atoms with Gasteiger partial charge < -0.3 is 10.1 Å². The third-order valence-electron chi connectivity index (χ3n) is 2.74. The Labute approximate surface area is 121 Å². The lowest BCUT2D eigenvalue weighted by molar-refractivity contribution is -0.129. The van der Waals surface area contributed by atoms with Crippen molar-refractivity contribution in [3.8, 4) is 0 Å². The van der Waals surface area contributed by atoms with Gasteiger partial charge in [0, 0.05) is 6.04 Å². The summed E-state index contributed by atoms with van der Waals surface area (Å²) in [6, 6.07) is 4.93. The molecule has 1 fully saturated rings. The first-order valence-electron chi connectivity index (χ1n) is 5.94. The van der Waals surface area contributed by atoms with Crippen LogP contribution in [0.25, 0.3) is 0 Å². The topological polar surface area (TPSA) is 55.4 Å². The molecule has 1 saturated carbocycles. The summed E-state index contributed by atoms with van der Waals surface area (Å²) in [4.78, 5) is 23.6. The number of amides is 1. The number of carbonyl (C=O) groups excluding carboxylic acids is 2. The molecule has 6 heteroatoms. The maximum Gasteiger partial charge on any atom is 0.341 e. The van der Waals surface area contributed by atoms with Gasteiger partial charge in [-0.2, -0.15) is 0 Å². The molecule has 19 heavy (non-hydrogen) atoms. The summed E-state index contributed by atoms with van der Waals surface area (Å²) in [6.45, 7) is 1.51. The SMILES string of the molecule is CC(OC(=O)c1c(Cl)cccc1Cl)C(=O)NC1CC1. The van der Waals surface area contributed by atoms with Gasteiger partial charge in [0.05, 0.1) is 15.6 Å². The second-order valence-corrected chi connectivity index (χ2v) is 5.24. The maximum absolute atomic E-state index is 11.9. The van der Waals surface area contributed by atoms with Crippen molar-refractivity contribution in [3.05, 3.63) is 33.8 Å². The van der Waals surface area contributed by atoms with Crippen LogP contribution in [0.3, 0.4) is 0 Å². The molecule has 0 aromatic heterocycles. The molecule has 1 aromatic carbocycles. The first-order valence-corrected chi connectivity index (χ1v) is 6.70. The zero-order chi connectivity index (χ0) is 14.0. The molecule has 1 aliphatic rings. The van der Waals surface area contributed by atoms with Gasteiger partial charge in [-0.15, -0.1) is 0 Å². The fourth-order valence-electron chi connectivity index (χ4n) is 1.51. The van der Waals surface area contributed by atoms with Crippen LogP contribution in [-0.4, -0.2) is 24.0 Å². The van der Waals surface area contributed by atoms with Gasteiger partial charge in [0.15, 0.2) is 6.10 Å².